The van der Waals surface area contributed by atoms with Crippen molar-refractivity contribution in [3.63, 3.8) is 0 Å². The molecular weight excluding hydrogens is 364 g/mol. The molecule has 29 heavy (non-hydrogen) atoms. The predicted molar refractivity (Wildman–Crippen MR) is 113 cm³/mol. The molecule has 0 saturated heterocycles. The third-order valence-electron chi connectivity index (χ3n) is 5.81. The average molecular weight is 395 g/mol. The predicted octanol–water partition coefficient (Wildman–Crippen LogP) is 2.46. The highest BCUT2D eigenvalue weighted by molar-refractivity contribution is 5.88. The van der Waals surface area contributed by atoms with Gasteiger partial charge in [-0.15, -0.1) is 0 Å². The summed E-state index contributed by atoms with van der Waals surface area (Å²) in [7, 11) is 1.69. The summed E-state index contributed by atoms with van der Waals surface area (Å²) >= 11 is 0. The van der Waals surface area contributed by atoms with E-state index in [2.05, 4.69) is 10.3 Å². The molecule has 0 bridgehead atoms. The quantitative estimate of drug-likeness (QED) is 0.720. The Morgan fingerprint density at radius 2 is 1.83 bits per heavy atom. The van der Waals surface area contributed by atoms with Crippen LogP contribution in [0.1, 0.15) is 43.0 Å². The van der Waals surface area contributed by atoms with Gasteiger partial charge in [-0.3, -0.25) is 14.6 Å². The van der Waals surface area contributed by atoms with Crippen molar-refractivity contribution in [3.05, 3.63) is 66.0 Å². The zero-order valence-corrected chi connectivity index (χ0v) is 17.0. The van der Waals surface area contributed by atoms with Crippen molar-refractivity contribution in [2.24, 2.45) is 11.1 Å². The maximum Gasteiger partial charge on any atom is 0.240 e. The van der Waals surface area contributed by atoms with Crippen LogP contribution in [0, 0.1) is 5.41 Å². The number of hydrogen-bond donors (Lipinski definition) is 2. The Hall–Kier alpha value is -2.73. The number of rotatable bonds is 8. The molecule has 6 nitrogen and oxygen atoms in total. The van der Waals surface area contributed by atoms with Crippen molar-refractivity contribution in [1.29, 1.82) is 0 Å². The number of likely N-dealkylation sites (N-methyl/N-ethyl adjacent to an activating group) is 1. The van der Waals surface area contributed by atoms with Gasteiger partial charge in [-0.05, 0) is 30.5 Å². The maximum atomic E-state index is 12.9. The van der Waals surface area contributed by atoms with Crippen LogP contribution >= 0.6 is 0 Å². The van der Waals surface area contributed by atoms with E-state index in [0.29, 0.717) is 13.0 Å². The first-order valence-electron chi connectivity index (χ1n) is 10.2. The third-order valence-corrected chi connectivity index (χ3v) is 5.81. The van der Waals surface area contributed by atoms with Gasteiger partial charge in [-0.2, -0.15) is 0 Å². The largest absolute Gasteiger partial charge is 0.347 e. The number of nitrogens with zero attached hydrogens (tertiary/aromatic N) is 2. The van der Waals surface area contributed by atoms with E-state index in [-0.39, 0.29) is 24.4 Å². The van der Waals surface area contributed by atoms with Gasteiger partial charge in [-0.1, -0.05) is 49.2 Å². The van der Waals surface area contributed by atoms with E-state index < -0.39 is 5.41 Å². The van der Waals surface area contributed by atoms with Crippen LogP contribution in [0.15, 0.2) is 54.7 Å². The van der Waals surface area contributed by atoms with Crippen LogP contribution in [0.25, 0.3) is 0 Å². The fourth-order valence-corrected chi connectivity index (χ4v) is 4.15. The lowest BCUT2D eigenvalue weighted by Gasteiger charge is -2.31. The van der Waals surface area contributed by atoms with Crippen LogP contribution in [0.4, 0.5) is 0 Å². The van der Waals surface area contributed by atoms with Crippen molar-refractivity contribution in [2.75, 3.05) is 20.1 Å². The van der Waals surface area contributed by atoms with E-state index in [0.717, 1.165) is 36.9 Å². The molecule has 1 unspecified atom stereocenters. The maximum absolute atomic E-state index is 12.9. The first-order chi connectivity index (χ1) is 14.0. The number of pyridine rings is 1. The number of aromatic nitrogens is 1. The molecule has 1 aromatic carbocycles. The number of nitrogens with one attached hydrogen (secondary N) is 1. The van der Waals surface area contributed by atoms with E-state index in [4.69, 9.17) is 5.73 Å². The molecule has 3 N–H and O–H groups in total. The van der Waals surface area contributed by atoms with Crippen LogP contribution < -0.4 is 11.1 Å². The van der Waals surface area contributed by atoms with Crippen LogP contribution in [0.5, 0.6) is 0 Å². The van der Waals surface area contributed by atoms with Gasteiger partial charge in [0.05, 0.1) is 18.0 Å². The Bertz CT molecular complexity index is 804. The second-order valence-corrected chi connectivity index (χ2v) is 7.91. The third kappa shape index (κ3) is 5.21. The number of hydrogen-bond acceptors (Lipinski definition) is 4. The van der Waals surface area contributed by atoms with Crippen molar-refractivity contribution in [2.45, 2.75) is 38.1 Å². The molecule has 6 heteroatoms. The van der Waals surface area contributed by atoms with Crippen molar-refractivity contribution in [3.8, 4) is 0 Å². The molecule has 0 radical (unpaired) electrons. The smallest absolute Gasteiger partial charge is 0.240 e. The van der Waals surface area contributed by atoms with Crippen molar-refractivity contribution < 1.29 is 9.59 Å². The number of carbonyl (C=O) groups excluding carboxylic acids is 2. The molecule has 154 valence electrons. The molecule has 3 rings (SSSR count). The Morgan fingerprint density at radius 3 is 2.45 bits per heavy atom. The minimum Gasteiger partial charge on any atom is -0.347 e. The highest BCUT2D eigenvalue weighted by atomic mass is 16.2. The van der Waals surface area contributed by atoms with Crippen LogP contribution in [0.3, 0.4) is 0 Å². The van der Waals surface area contributed by atoms with Gasteiger partial charge in [0.25, 0.3) is 0 Å². The van der Waals surface area contributed by atoms with E-state index in [9.17, 15) is 9.59 Å². The monoisotopic (exact) mass is 394 g/mol. The average Bonchev–Trinajstić information content (AvgIpc) is 3.24. The van der Waals surface area contributed by atoms with Gasteiger partial charge in [0.2, 0.25) is 11.8 Å². The second-order valence-electron chi connectivity index (χ2n) is 7.91. The Kier molecular flexibility index (Phi) is 6.99. The van der Waals surface area contributed by atoms with E-state index in [1.165, 1.54) is 4.90 Å². The minimum atomic E-state index is -0.498. The fraction of sp³-hybridized carbons (Fsp3) is 0.435. The second kappa shape index (κ2) is 9.65. The van der Waals surface area contributed by atoms with E-state index >= 15 is 0 Å². The topological polar surface area (TPSA) is 88.3 Å². The van der Waals surface area contributed by atoms with Gasteiger partial charge in [0.15, 0.2) is 0 Å². The fourth-order valence-electron chi connectivity index (χ4n) is 4.15. The summed E-state index contributed by atoms with van der Waals surface area (Å²) in [6.07, 6.45) is 5.98. The van der Waals surface area contributed by atoms with E-state index in [1.807, 2.05) is 48.5 Å². The van der Waals surface area contributed by atoms with Crippen molar-refractivity contribution >= 4 is 11.8 Å². The van der Waals surface area contributed by atoms with Crippen LogP contribution in [0.2, 0.25) is 0 Å². The highest BCUT2D eigenvalue weighted by Gasteiger charge is 2.41. The van der Waals surface area contributed by atoms with Crippen LogP contribution in [-0.4, -0.2) is 41.8 Å². The molecule has 0 spiro atoms. The molecule has 1 aromatic heterocycles. The number of amides is 2. The summed E-state index contributed by atoms with van der Waals surface area (Å²) in [4.78, 5) is 31.6. The van der Waals surface area contributed by atoms with Gasteiger partial charge in [0.1, 0.15) is 0 Å². The Balaban J connectivity index is 1.67. The summed E-state index contributed by atoms with van der Waals surface area (Å²) in [6.45, 7) is 0.357. The first kappa shape index (κ1) is 21.0. The molecule has 1 saturated carbocycles. The van der Waals surface area contributed by atoms with Gasteiger partial charge >= 0.3 is 0 Å². The molecule has 1 atom stereocenters. The summed E-state index contributed by atoms with van der Waals surface area (Å²) in [5.41, 5.74) is 7.34. The number of benzene rings is 1. The lowest BCUT2D eigenvalue weighted by atomic mass is 9.85. The highest BCUT2D eigenvalue weighted by Crippen LogP contribution is 2.38. The van der Waals surface area contributed by atoms with Crippen molar-refractivity contribution in [1.82, 2.24) is 15.2 Å². The summed E-state index contributed by atoms with van der Waals surface area (Å²) < 4.78 is 0. The SMILES string of the molecule is CN(CC(=O)NC(Cc1ccccn1)c1ccccc1)C(=O)C1(CN)CCCC1. The number of nitrogens with two attached hydrogens (primary N) is 1. The summed E-state index contributed by atoms with van der Waals surface area (Å²) in [6, 6.07) is 15.4. The molecular formula is C23H30N4O2. The zero-order valence-electron chi connectivity index (χ0n) is 17.0. The lowest BCUT2D eigenvalue weighted by Crippen LogP contribution is -2.48. The normalized spacial score (nSPS) is 16.2. The number of carbonyl (C=O) groups is 2. The molecule has 1 aliphatic rings. The van der Waals surface area contributed by atoms with Crippen LogP contribution in [-0.2, 0) is 16.0 Å². The summed E-state index contributed by atoms with van der Waals surface area (Å²) in [5.74, 6) is -0.204. The lowest BCUT2D eigenvalue weighted by molar-refractivity contribution is -0.143. The molecule has 1 aliphatic carbocycles. The van der Waals surface area contributed by atoms with Gasteiger partial charge in [-0.25, -0.2) is 0 Å². The zero-order chi connectivity index (χ0) is 20.7. The molecule has 0 aliphatic heterocycles. The molecule has 2 amide bonds. The standard InChI is InChI=1S/C23H30N4O2/c1-27(22(29)23(17-24)12-6-7-13-23)16-21(28)26-20(18-9-3-2-4-10-18)15-19-11-5-8-14-25-19/h2-5,8-11,14,20H,6-7,12-13,15-17,24H2,1H3,(H,26,28). The van der Waals surface area contributed by atoms with E-state index in [1.54, 1.807) is 13.2 Å². The molecule has 1 heterocycles. The molecule has 2 aromatic rings. The minimum absolute atomic E-state index is 0.0198. The first-order valence-corrected chi connectivity index (χ1v) is 10.2. The Morgan fingerprint density at radius 1 is 1.14 bits per heavy atom. The van der Waals surface area contributed by atoms with Gasteiger partial charge in [0, 0.05) is 31.9 Å². The summed E-state index contributed by atoms with van der Waals surface area (Å²) in [5, 5.41) is 3.08. The molecule has 1 fully saturated rings. The van der Waals surface area contributed by atoms with Gasteiger partial charge < -0.3 is 16.0 Å². The Labute approximate surface area is 172 Å².